The highest BCUT2D eigenvalue weighted by Gasteiger charge is 2.19. The monoisotopic (exact) mass is 794 g/mol. The number of nitrogens with two attached hydrogens (primary N) is 1. The van der Waals surface area contributed by atoms with Gasteiger partial charge in [0.15, 0.2) is 9.92 Å². The molecule has 0 radical (unpaired) electrons. The van der Waals surface area contributed by atoms with Crippen LogP contribution in [0.3, 0.4) is 0 Å². The molecule has 10 rings (SSSR count). The third kappa shape index (κ3) is 7.06. The van der Waals surface area contributed by atoms with E-state index < -0.39 is 0 Å². The third-order valence-corrected chi connectivity index (χ3v) is 11.7. The molecular formula is C38H30N14OS3. The number of nitrogens with zero attached hydrogens (tertiary/aromatic N) is 12. The molecule has 8 aromatic heterocycles. The Morgan fingerprint density at radius 2 is 1.38 bits per heavy atom. The highest BCUT2D eigenvalue weighted by atomic mass is 32.1. The Bertz CT molecular complexity index is 2900. The zero-order valence-corrected chi connectivity index (χ0v) is 32.0. The van der Waals surface area contributed by atoms with E-state index in [1.807, 2.05) is 84.4 Å². The van der Waals surface area contributed by atoms with Crippen molar-refractivity contribution in [1.29, 1.82) is 0 Å². The fourth-order valence-corrected chi connectivity index (χ4v) is 8.73. The number of aromatic nitrogens is 12. The van der Waals surface area contributed by atoms with Crippen molar-refractivity contribution < 1.29 is 4.79 Å². The molecule has 0 saturated carbocycles. The Morgan fingerprint density at radius 1 is 0.750 bits per heavy atom. The van der Waals surface area contributed by atoms with Gasteiger partial charge in [0.1, 0.15) is 35.2 Å². The minimum absolute atomic E-state index is 0.199. The molecule has 0 aliphatic heterocycles. The lowest BCUT2D eigenvalue weighted by Crippen LogP contribution is -2.12. The van der Waals surface area contributed by atoms with E-state index in [9.17, 15) is 4.79 Å². The van der Waals surface area contributed by atoms with Crippen molar-refractivity contribution in [2.45, 2.75) is 20.0 Å². The van der Waals surface area contributed by atoms with Gasteiger partial charge >= 0.3 is 0 Å². The summed E-state index contributed by atoms with van der Waals surface area (Å²) in [6.07, 6.45) is 13.9. The molecule has 0 atom stereocenters. The molecule has 18 heteroatoms. The topological polar surface area (TPSA) is 177 Å². The molecule has 0 fully saturated rings. The van der Waals surface area contributed by atoms with Gasteiger partial charge in [-0.2, -0.15) is 10.2 Å². The number of thiazole rings is 3. The van der Waals surface area contributed by atoms with E-state index in [0.29, 0.717) is 29.3 Å². The Labute approximate surface area is 330 Å². The van der Waals surface area contributed by atoms with Crippen LogP contribution in [0.1, 0.15) is 26.8 Å². The molecule has 1 amide bonds. The molecule has 56 heavy (non-hydrogen) atoms. The SMILES string of the molecule is Cc1nc(-c2cccnc2)sc1C(=O)Nc1ccccc1-c1cn2c(Cn3cncn3)csc2n1.Nc1ccccc1-c1cn2c(Cn3cncn3)csc2n1. The van der Waals surface area contributed by atoms with Gasteiger partial charge in [-0.05, 0) is 31.2 Å². The van der Waals surface area contributed by atoms with Crippen molar-refractivity contribution in [3.05, 3.63) is 143 Å². The first-order valence-electron chi connectivity index (χ1n) is 17.2. The number of benzene rings is 2. The number of pyridine rings is 1. The normalized spacial score (nSPS) is 11.2. The lowest BCUT2D eigenvalue weighted by Gasteiger charge is -2.09. The summed E-state index contributed by atoms with van der Waals surface area (Å²) in [5.41, 5.74) is 14.7. The number of hydrogen-bond donors (Lipinski definition) is 2. The van der Waals surface area contributed by atoms with Crippen LogP contribution in [0.25, 0.3) is 43.0 Å². The first-order valence-corrected chi connectivity index (χ1v) is 19.7. The predicted molar refractivity (Wildman–Crippen MR) is 218 cm³/mol. The molecule has 0 saturated heterocycles. The molecule has 15 nitrogen and oxygen atoms in total. The summed E-state index contributed by atoms with van der Waals surface area (Å²) in [5.74, 6) is -0.199. The molecule has 10 aromatic rings. The summed E-state index contributed by atoms with van der Waals surface area (Å²) in [6.45, 7) is 3.11. The van der Waals surface area contributed by atoms with Crippen LogP contribution in [0, 0.1) is 6.92 Å². The van der Waals surface area contributed by atoms with E-state index in [1.54, 1.807) is 57.1 Å². The van der Waals surface area contributed by atoms with Gasteiger partial charge in [-0.1, -0.05) is 36.4 Å². The van der Waals surface area contributed by atoms with Gasteiger partial charge in [0.05, 0.1) is 47.2 Å². The van der Waals surface area contributed by atoms with Gasteiger partial charge in [-0.15, -0.1) is 34.0 Å². The number of nitrogens with one attached hydrogen (secondary N) is 1. The fraction of sp³-hybridized carbons (Fsp3) is 0.0789. The Balaban J connectivity index is 0.000000166. The zero-order valence-electron chi connectivity index (χ0n) is 29.5. The van der Waals surface area contributed by atoms with Gasteiger partial charge in [0, 0.05) is 57.9 Å². The van der Waals surface area contributed by atoms with E-state index in [4.69, 9.17) is 10.7 Å². The van der Waals surface area contributed by atoms with Crippen molar-refractivity contribution in [2.75, 3.05) is 11.1 Å². The number of amides is 1. The van der Waals surface area contributed by atoms with E-state index in [0.717, 1.165) is 60.1 Å². The fourth-order valence-electron chi connectivity index (χ4n) is 6.05. The second-order valence-electron chi connectivity index (χ2n) is 12.5. The van der Waals surface area contributed by atoms with Crippen LogP contribution in [-0.2, 0) is 13.1 Å². The first-order chi connectivity index (χ1) is 27.5. The number of para-hydroxylation sites is 2. The van der Waals surface area contributed by atoms with Crippen molar-refractivity contribution in [1.82, 2.24) is 58.3 Å². The highest BCUT2D eigenvalue weighted by Crippen LogP contribution is 2.32. The number of carbonyl (C=O) groups excluding carboxylic acids is 1. The van der Waals surface area contributed by atoms with Crippen LogP contribution in [-0.4, -0.2) is 64.2 Å². The number of carbonyl (C=O) groups is 1. The number of fused-ring (bicyclic) bond motifs is 2. The second-order valence-corrected chi connectivity index (χ2v) is 15.1. The van der Waals surface area contributed by atoms with E-state index in [1.165, 1.54) is 24.0 Å². The second kappa shape index (κ2) is 15.1. The Morgan fingerprint density at radius 3 is 1.98 bits per heavy atom. The van der Waals surface area contributed by atoms with E-state index >= 15 is 0 Å². The number of aryl methyl sites for hydroxylation is 1. The Hall–Kier alpha value is -6.89. The molecular weight excluding hydrogens is 765 g/mol. The standard InChI is InChI=1S/C24H18N8OS2.C14H12N6S/c1-15-21(35-23(28-15)16-5-4-8-25-9-16)22(33)29-19-7-3-2-6-18(19)20-11-32-17(12-34-24(32)30-20)10-31-14-26-13-27-31;15-12-4-2-1-3-11(12)13-6-20-10(7-21-14(20)18-13)5-19-9-16-8-17-19/h2-9,11-14H,10H2,1H3,(H,29,33);1-4,6-9H,5,15H2. The van der Waals surface area contributed by atoms with Gasteiger partial charge in [0.2, 0.25) is 0 Å². The average Bonchev–Trinajstić information content (AvgIpc) is 4.07. The molecule has 2 aromatic carbocycles. The summed E-state index contributed by atoms with van der Waals surface area (Å²) in [6, 6.07) is 19.2. The molecule has 0 bridgehead atoms. The van der Waals surface area contributed by atoms with Crippen LogP contribution in [0.5, 0.6) is 0 Å². The molecule has 3 N–H and O–H groups in total. The lowest BCUT2D eigenvalue weighted by atomic mass is 10.1. The molecule has 8 heterocycles. The molecule has 276 valence electrons. The summed E-state index contributed by atoms with van der Waals surface area (Å²) in [7, 11) is 0. The lowest BCUT2D eigenvalue weighted by molar-refractivity contribution is 0.103. The largest absolute Gasteiger partial charge is 0.398 e. The minimum atomic E-state index is -0.199. The van der Waals surface area contributed by atoms with Crippen LogP contribution in [0.2, 0.25) is 0 Å². The molecule has 0 unspecified atom stereocenters. The van der Waals surface area contributed by atoms with Crippen molar-refractivity contribution >= 4 is 61.2 Å². The van der Waals surface area contributed by atoms with Crippen molar-refractivity contribution in [3.8, 4) is 33.1 Å². The Kier molecular flexibility index (Phi) is 9.39. The van der Waals surface area contributed by atoms with Gasteiger partial charge in [0.25, 0.3) is 5.91 Å². The quantitative estimate of drug-likeness (QED) is 0.144. The van der Waals surface area contributed by atoms with Crippen molar-refractivity contribution in [2.24, 2.45) is 0 Å². The van der Waals surface area contributed by atoms with Crippen LogP contribution < -0.4 is 11.1 Å². The van der Waals surface area contributed by atoms with Gasteiger partial charge < -0.3 is 11.1 Å². The first kappa shape index (κ1) is 34.9. The summed E-state index contributed by atoms with van der Waals surface area (Å²) in [5, 5.41) is 16.3. The van der Waals surface area contributed by atoms with E-state index in [-0.39, 0.29) is 5.91 Å². The van der Waals surface area contributed by atoms with Gasteiger partial charge in [-0.3, -0.25) is 18.6 Å². The van der Waals surface area contributed by atoms with Crippen LogP contribution >= 0.6 is 34.0 Å². The average molecular weight is 795 g/mol. The minimum Gasteiger partial charge on any atom is -0.398 e. The van der Waals surface area contributed by atoms with Crippen LogP contribution in [0.4, 0.5) is 11.4 Å². The van der Waals surface area contributed by atoms with Crippen LogP contribution in [0.15, 0.2) is 122 Å². The van der Waals surface area contributed by atoms with Gasteiger partial charge in [-0.25, -0.2) is 34.3 Å². The number of imidazole rings is 2. The highest BCUT2D eigenvalue weighted by molar-refractivity contribution is 7.17. The number of rotatable bonds is 9. The molecule has 0 spiro atoms. The maximum absolute atomic E-state index is 13.2. The smallest absolute Gasteiger partial charge is 0.267 e. The maximum Gasteiger partial charge on any atom is 0.267 e. The number of hydrogen-bond acceptors (Lipinski definition) is 13. The summed E-state index contributed by atoms with van der Waals surface area (Å²) < 4.78 is 7.69. The zero-order chi connectivity index (χ0) is 38.0. The van der Waals surface area contributed by atoms with E-state index in [2.05, 4.69) is 55.6 Å². The summed E-state index contributed by atoms with van der Waals surface area (Å²) >= 11 is 4.52. The predicted octanol–water partition coefficient (Wildman–Crippen LogP) is 7.07. The molecule has 0 aliphatic rings. The molecule has 0 aliphatic carbocycles. The number of nitrogen functional groups attached to an aromatic ring is 1. The maximum atomic E-state index is 13.2. The van der Waals surface area contributed by atoms with Crippen molar-refractivity contribution in [3.63, 3.8) is 0 Å². The summed E-state index contributed by atoms with van der Waals surface area (Å²) in [4.78, 5) is 41.8. The third-order valence-electron chi connectivity index (χ3n) is 8.75. The number of anilines is 2.